The molecule has 11 heteroatoms. The Morgan fingerprint density at radius 2 is 1.80 bits per heavy atom. The highest BCUT2D eigenvalue weighted by molar-refractivity contribution is 7.89. The smallest absolute Gasteiger partial charge is 0.338 e. The van der Waals surface area contributed by atoms with Gasteiger partial charge in [0.15, 0.2) is 6.61 Å². The molecule has 160 valence electrons. The summed E-state index contributed by atoms with van der Waals surface area (Å²) in [4.78, 5) is 24.2. The zero-order valence-corrected chi connectivity index (χ0v) is 18.0. The van der Waals surface area contributed by atoms with Gasteiger partial charge in [-0.3, -0.25) is 4.79 Å². The molecule has 30 heavy (non-hydrogen) atoms. The highest BCUT2D eigenvalue weighted by Crippen LogP contribution is 2.23. The van der Waals surface area contributed by atoms with Gasteiger partial charge in [0.05, 0.1) is 33.7 Å². The molecule has 2 aromatic rings. The summed E-state index contributed by atoms with van der Waals surface area (Å²) in [6.45, 7) is 0.645. The Labute approximate surface area is 183 Å². The maximum atomic E-state index is 12.7. The van der Waals surface area contributed by atoms with E-state index in [1.54, 1.807) is 0 Å². The highest BCUT2D eigenvalue weighted by atomic mass is 35.5. The maximum absolute atomic E-state index is 12.7. The number of anilines is 1. The van der Waals surface area contributed by atoms with E-state index in [-0.39, 0.29) is 39.3 Å². The molecule has 0 aromatic heterocycles. The van der Waals surface area contributed by atoms with Crippen LogP contribution >= 0.6 is 23.2 Å². The quantitative estimate of drug-likeness (QED) is 0.648. The molecule has 1 aliphatic rings. The second-order valence-electron chi connectivity index (χ2n) is 6.30. The second-order valence-corrected chi connectivity index (χ2v) is 9.05. The van der Waals surface area contributed by atoms with E-state index in [0.29, 0.717) is 13.2 Å². The van der Waals surface area contributed by atoms with Gasteiger partial charge in [0.2, 0.25) is 10.0 Å². The normalized spacial score (nSPS) is 14.9. The van der Waals surface area contributed by atoms with Crippen LogP contribution in [0.1, 0.15) is 10.4 Å². The summed E-state index contributed by atoms with van der Waals surface area (Å²) < 4.78 is 36.9. The van der Waals surface area contributed by atoms with Crippen molar-refractivity contribution in [1.82, 2.24) is 4.31 Å². The molecule has 0 spiro atoms. The number of ether oxygens (including phenoxy) is 2. The van der Waals surface area contributed by atoms with Gasteiger partial charge in [-0.25, -0.2) is 13.2 Å². The molecule has 0 bridgehead atoms. The van der Waals surface area contributed by atoms with Gasteiger partial charge in [0, 0.05) is 18.8 Å². The zero-order valence-electron chi connectivity index (χ0n) is 15.6. The molecule has 3 rings (SSSR count). The Kier molecular flexibility index (Phi) is 7.32. The number of halogens is 2. The van der Waals surface area contributed by atoms with Crippen LogP contribution in [0.15, 0.2) is 47.4 Å². The van der Waals surface area contributed by atoms with Crippen LogP contribution in [-0.4, -0.2) is 57.5 Å². The fourth-order valence-corrected chi connectivity index (χ4v) is 4.46. The number of benzene rings is 2. The van der Waals surface area contributed by atoms with E-state index in [1.165, 1.54) is 46.8 Å². The largest absolute Gasteiger partial charge is 0.452 e. The van der Waals surface area contributed by atoms with Gasteiger partial charge < -0.3 is 14.8 Å². The van der Waals surface area contributed by atoms with Crippen molar-refractivity contribution in [3.05, 3.63) is 58.1 Å². The first-order valence-electron chi connectivity index (χ1n) is 8.87. The van der Waals surface area contributed by atoms with E-state index in [1.807, 2.05) is 0 Å². The van der Waals surface area contributed by atoms with Crippen molar-refractivity contribution in [1.29, 1.82) is 0 Å². The van der Waals surface area contributed by atoms with Crippen LogP contribution in [0.5, 0.6) is 0 Å². The lowest BCUT2D eigenvalue weighted by molar-refractivity contribution is -0.119. The monoisotopic (exact) mass is 472 g/mol. The number of esters is 1. The van der Waals surface area contributed by atoms with Gasteiger partial charge in [-0.1, -0.05) is 29.3 Å². The van der Waals surface area contributed by atoms with E-state index in [4.69, 9.17) is 32.7 Å². The Morgan fingerprint density at radius 3 is 2.50 bits per heavy atom. The van der Waals surface area contributed by atoms with Gasteiger partial charge in [0.25, 0.3) is 5.91 Å². The number of nitrogens with zero attached hydrogens (tertiary/aromatic N) is 1. The summed E-state index contributed by atoms with van der Waals surface area (Å²) in [6, 6.07) is 10.1. The topological polar surface area (TPSA) is 102 Å². The van der Waals surface area contributed by atoms with Crippen LogP contribution in [0.3, 0.4) is 0 Å². The van der Waals surface area contributed by atoms with Crippen LogP contribution < -0.4 is 5.32 Å². The fraction of sp³-hybridized carbons (Fsp3) is 0.263. The van der Waals surface area contributed by atoms with Crippen molar-refractivity contribution in [2.45, 2.75) is 4.90 Å². The molecule has 0 radical (unpaired) electrons. The van der Waals surface area contributed by atoms with Crippen LogP contribution in [0, 0.1) is 0 Å². The van der Waals surface area contributed by atoms with Gasteiger partial charge in [-0.2, -0.15) is 4.31 Å². The maximum Gasteiger partial charge on any atom is 0.338 e. The molecule has 1 aliphatic heterocycles. The van der Waals surface area contributed by atoms with E-state index in [2.05, 4.69) is 5.32 Å². The highest BCUT2D eigenvalue weighted by Gasteiger charge is 2.26. The molecular weight excluding hydrogens is 455 g/mol. The van der Waals surface area contributed by atoms with Crippen molar-refractivity contribution in [3.63, 3.8) is 0 Å². The van der Waals surface area contributed by atoms with E-state index in [9.17, 15) is 18.0 Å². The summed E-state index contributed by atoms with van der Waals surface area (Å²) in [7, 11) is -3.70. The number of hydrogen-bond acceptors (Lipinski definition) is 6. The first-order valence-corrected chi connectivity index (χ1v) is 11.1. The zero-order chi connectivity index (χ0) is 21.7. The molecule has 1 heterocycles. The minimum absolute atomic E-state index is 0.0509. The van der Waals surface area contributed by atoms with Crippen molar-refractivity contribution >= 4 is 50.8 Å². The number of carbonyl (C=O) groups excluding carboxylic acids is 2. The molecule has 0 aliphatic carbocycles. The van der Waals surface area contributed by atoms with Crippen molar-refractivity contribution in [2.75, 3.05) is 38.2 Å². The lowest BCUT2D eigenvalue weighted by Crippen LogP contribution is -2.40. The first kappa shape index (κ1) is 22.5. The lowest BCUT2D eigenvalue weighted by atomic mass is 10.2. The summed E-state index contributed by atoms with van der Waals surface area (Å²) in [6.07, 6.45) is 0. The summed E-state index contributed by atoms with van der Waals surface area (Å²) in [5, 5.41) is 2.99. The van der Waals surface area contributed by atoms with Crippen LogP contribution in [0.25, 0.3) is 0 Å². The fourth-order valence-electron chi connectivity index (χ4n) is 2.70. The van der Waals surface area contributed by atoms with Crippen molar-refractivity contribution < 1.29 is 27.5 Å². The summed E-state index contributed by atoms with van der Waals surface area (Å²) >= 11 is 11.7. The Hall–Kier alpha value is -2.17. The van der Waals surface area contributed by atoms with E-state index < -0.39 is 28.5 Å². The van der Waals surface area contributed by atoms with E-state index in [0.717, 1.165) is 0 Å². The predicted molar refractivity (Wildman–Crippen MR) is 111 cm³/mol. The average Bonchev–Trinajstić information content (AvgIpc) is 2.75. The van der Waals surface area contributed by atoms with E-state index >= 15 is 0 Å². The number of rotatable bonds is 6. The summed E-state index contributed by atoms with van der Waals surface area (Å²) in [5.74, 6) is -1.36. The molecule has 2 aromatic carbocycles. The molecule has 0 unspecified atom stereocenters. The number of carbonyl (C=O) groups is 2. The van der Waals surface area contributed by atoms with Gasteiger partial charge >= 0.3 is 5.97 Å². The number of nitrogens with one attached hydrogen (secondary N) is 1. The van der Waals surface area contributed by atoms with Gasteiger partial charge in [-0.15, -0.1) is 0 Å². The molecule has 8 nitrogen and oxygen atoms in total. The number of morpholine rings is 1. The van der Waals surface area contributed by atoms with Crippen molar-refractivity contribution in [3.8, 4) is 0 Å². The van der Waals surface area contributed by atoms with Crippen LogP contribution in [-0.2, 0) is 24.3 Å². The van der Waals surface area contributed by atoms with Crippen LogP contribution in [0.2, 0.25) is 10.0 Å². The average molecular weight is 473 g/mol. The minimum Gasteiger partial charge on any atom is -0.452 e. The first-order chi connectivity index (χ1) is 14.3. The standard InChI is InChI=1S/C19H18Cl2N2O6S/c20-16-5-4-13(10-17(16)21)19(25)29-12-18(24)22-14-2-1-3-15(11-14)30(26,27)23-6-8-28-9-7-23/h1-5,10-11H,6-9,12H2,(H,22,24). The molecule has 1 amide bonds. The molecular formula is C19H18Cl2N2O6S. The molecule has 0 atom stereocenters. The number of hydrogen-bond donors (Lipinski definition) is 1. The molecule has 0 saturated carbocycles. The second kappa shape index (κ2) is 9.76. The minimum atomic E-state index is -3.70. The van der Waals surface area contributed by atoms with Crippen molar-refractivity contribution in [2.24, 2.45) is 0 Å². The molecule has 1 N–H and O–H groups in total. The Balaban J connectivity index is 1.61. The summed E-state index contributed by atoms with van der Waals surface area (Å²) in [5.41, 5.74) is 0.413. The third-order valence-corrected chi connectivity index (χ3v) is 6.85. The SMILES string of the molecule is O=C(COC(=O)c1ccc(Cl)c(Cl)c1)Nc1cccc(S(=O)(=O)N2CCOCC2)c1. The Bertz CT molecular complexity index is 1050. The number of amides is 1. The third-order valence-electron chi connectivity index (χ3n) is 4.22. The third kappa shape index (κ3) is 5.50. The Morgan fingerprint density at radius 1 is 1.07 bits per heavy atom. The van der Waals surface area contributed by atoms with Gasteiger partial charge in [-0.05, 0) is 36.4 Å². The van der Waals surface area contributed by atoms with Gasteiger partial charge in [0.1, 0.15) is 0 Å². The predicted octanol–water partition coefficient (Wildman–Crippen LogP) is 2.81. The van der Waals surface area contributed by atoms with Crippen LogP contribution in [0.4, 0.5) is 5.69 Å². The molecule has 1 fully saturated rings. The lowest BCUT2D eigenvalue weighted by Gasteiger charge is -2.26. The number of sulfonamides is 1. The molecule has 1 saturated heterocycles.